The largest absolute Gasteiger partial charge is 0.480 e. The van der Waals surface area contributed by atoms with Crippen LogP contribution >= 0.6 is 0 Å². The van der Waals surface area contributed by atoms with Crippen LogP contribution in [-0.2, 0) is 9.53 Å². The molecule has 4 heteroatoms. The van der Waals surface area contributed by atoms with Gasteiger partial charge in [-0.1, -0.05) is 27.7 Å². The van der Waals surface area contributed by atoms with Crippen molar-refractivity contribution in [2.75, 3.05) is 6.61 Å². The van der Waals surface area contributed by atoms with E-state index in [1.54, 1.807) is 0 Å². The van der Waals surface area contributed by atoms with Gasteiger partial charge < -0.3 is 15.2 Å². The Balaban J connectivity index is 4.02. The maximum absolute atomic E-state index is 10.9. The van der Waals surface area contributed by atoms with Crippen molar-refractivity contribution in [2.45, 2.75) is 52.8 Å². The molecule has 0 saturated heterocycles. The van der Waals surface area contributed by atoms with Crippen LogP contribution in [0.1, 0.15) is 34.6 Å². The first-order valence-corrected chi connectivity index (χ1v) is 5.45. The lowest BCUT2D eigenvalue weighted by molar-refractivity contribution is -0.142. The van der Waals surface area contributed by atoms with E-state index in [0.29, 0.717) is 5.92 Å². The van der Waals surface area contributed by atoms with Crippen LogP contribution in [0.25, 0.3) is 0 Å². The number of rotatable bonds is 7. The van der Waals surface area contributed by atoms with Crippen LogP contribution < -0.4 is 5.32 Å². The Kier molecular flexibility index (Phi) is 6.52. The van der Waals surface area contributed by atoms with Crippen molar-refractivity contribution in [1.29, 1.82) is 0 Å². The first-order chi connectivity index (χ1) is 6.84. The maximum Gasteiger partial charge on any atom is 0.323 e. The molecule has 0 aromatic rings. The molecule has 2 N–H and O–H groups in total. The number of carboxylic acid groups (broad SMARTS) is 1. The fourth-order valence-corrected chi connectivity index (χ4v) is 1.03. The Morgan fingerprint density at radius 3 is 2.13 bits per heavy atom. The predicted molar refractivity (Wildman–Crippen MR) is 59.9 cm³/mol. The summed E-state index contributed by atoms with van der Waals surface area (Å²) in [6.07, 6.45) is 0.0841. The topological polar surface area (TPSA) is 58.6 Å². The third-order valence-corrected chi connectivity index (χ3v) is 2.30. The van der Waals surface area contributed by atoms with Gasteiger partial charge in [-0.25, -0.2) is 0 Å². The van der Waals surface area contributed by atoms with Crippen LogP contribution in [0.15, 0.2) is 0 Å². The first kappa shape index (κ1) is 14.4. The number of aliphatic carboxylic acids is 1. The van der Waals surface area contributed by atoms with Crippen LogP contribution in [0.4, 0.5) is 0 Å². The standard InChI is InChI=1S/C11H23NO3/c1-7(2)9(5)15-6-10(11(13)14)12-8(3)4/h7-10,12H,6H2,1-5H3,(H,13,14). The van der Waals surface area contributed by atoms with Gasteiger partial charge in [0, 0.05) is 6.04 Å². The Labute approximate surface area is 92.0 Å². The van der Waals surface area contributed by atoms with Crippen molar-refractivity contribution in [1.82, 2.24) is 5.32 Å². The van der Waals surface area contributed by atoms with Crippen LogP contribution in [0, 0.1) is 5.92 Å². The minimum Gasteiger partial charge on any atom is -0.480 e. The molecule has 0 aliphatic carbocycles. The summed E-state index contributed by atoms with van der Waals surface area (Å²) in [6.45, 7) is 10.1. The number of ether oxygens (including phenoxy) is 1. The van der Waals surface area contributed by atoms with E-state index in [1.807, 2.05) is 20.8 Å². The smallest absolute Gasteiger partial charge is 0.323 e. The van der Waals surface area contributed by atoms with Gasteiger partial charge in [0.05, 0.1) is 12.7 Å². The number of nitrogens with one attached hydrogen (secondary N) is 1. The molecule has 15 heavy (non-hydrogen) atoms. The molecule has 0 heterocycles. The van der Waals surface area contributed by atoms with Crippen molar-refractivity contribution in [3.05, 3.63) is 0 Å². The molecular formula is C11H23NO3. The van der Waals surface area contributed by atoms with Crippen molar-refractivity contribution >= 4 is 5.97 Å². The molecule has 0 aliphatic rings. The molecule has 0 amide bonds. The van der Waals surface area contributed by atoms with Crippen LogP contribution in [0.2, 0.25) is 0 Å². The number of hydrogen-bond donors (Lipinski definition) is 2. The van der Waals surface area contributed by atoms with Gasteiger partial charge in [-0.05, 0) is 12.8 Å². The first-order valence-electron chi connectivity index (χ1n) is 5.45. The van der Waals surface area contributed by atoms with Gasteiger partial charge in [0.15, 0.2) is 0 Å². The SMILES string of the molecule is CC(C)NC(COC(C)C(C)C)C(=O)O. The van der Waals surface area contributed by atoms with Gasteiger partial charge in [-0.15, -0.1) is 0 Å². The van der Waals surface area contributed by atoms with Gasteiger partial charge in [0.25, 0.3) is 0 Å². The highest BCUT2D eigenvalue weighted by Gasteiger charge is 2.20. The summed E-state index contributed by atoms with van der Waals surface area (Å²) in [6, 6.07) is -0.477. The molecule has 0 radical (unpaired) electrons. The van der Waals surface area contributed by atoms with E-state index < -0.39 is 12.0 Å². The monoisotopic (exact) mass is 217 g/mol. The van der Waals surface area contributed by atoms with Gasteiger partial charge in [-0.3, -0.25) is 4.79 Å². The zero-order valence-corrected chi connectivity index (χ0v) is 10.3. The predicted octanol–water partition coefficient (Wildman–Crippen LogP) is 1.50. The van der Waals surface area contributed by atoms with Gasteiger partial charge in [0.1, 0.15) is 6.04 Å². The highest BCUT2D eigenvalue weighted by Crippen LogP contribution is 2.05. The second-order valence-electron chi connectivity index (χ2n) is 4.49. The maximum atomic E-state index is 10.9. The number of carbonyl (C=O) groups is 1. The molecule has 2 unspecified atom stereocenters. The second-order valence-corrected chi connectivity index (χ2v) is 4.49. The van der Waals surface area contributed by atoms with Gasteiger partial charge in [-0.2, -0.15) is 0 Å². The third kappa shape index (κ3) is 6.47. The van der Waals surface area contributed by atoms with E-state index in [0.717, 1.165) is 0 Å². The molecule has 0 aromatic carbocycles. The summed E-state index contributed by atoms with van der Waals surface area (Å²) in [5.41, 5.74) is 0. The average Bonchev–Trinajstić information content (AvgIpc) is 2.10. The minimum absolute atomic E-state index is 0.0841. The minimum atomic E-state index is -0.861. The number of hydrogen-bond acceptors (Lipinski definition) is 3. The van der Waals surface area contributed by atoms with E-state index in [2.05, 4.69) is 19.2 Å². The Morgan fingerprint density at radius 1 is 1.27 bits per heavy atom. The molecule has 4 nitrogen and oxygen atoms in total. The van der Waals surface area contributed by atoms with Crippen molar-refractivity contribution in [3.8, 4) is 0 Å². The summed E-state index contributed by atoms with van der Waals surface area (Å²) in [5, 5.41) is 11.9. The molecule has 0 rings (SSSR count). The van der Waals surface area contributed by atoms with E-state index in [-0.39, 0.29) is 18.8 Å². The second kappa shape index (κ2) is 6.80. The molecule has 0 saturated carbocycles. The molecular weight excluding hydrogens is 194 g/mol. The fraction of sp³-hybridized carbons (Fsp3) is 0.909. The lowest BCUT2D eigenvalue weighted by atomic mass is 10.1. The van der Waals surface area contributed by atoms with Crippen LogP contribution in [-0.4, -0.2) is 35.9 Å². The summed E-state index contributed by atoms with van der Waals surface area (Å²) in [7, 11) is 0. The average molecular weight is 217 g/mol. The van der Waals surface area contributed by atoms with Gasteiger partial charge in [0.2, 0.25) is 0 Å². The summed E-state index contributed by atoms with van der Waals surface area (Å²) >= 11 is 0. The van der Waals surface area contributed by atoms with E-state index >= 15 is 0 Å². The van der Waals surface area contributed by atoms with Crippen LogP contribution in [0.3, 0.4) is 0 Å². The van der Waals surface area contributed by atoms with E-state index in [1.165, 1.54) is 0 Å². The Bertz CT molecular complexity index is 192. The lowest BCUT2D eigenvalue weighted by Crippen LogP contribution is -2.44. The Morgan fingerprint density at radius 2 is 1.80 bits per heavy atom. The molecule has 0 fully saturated rings. The van der Waals surface area contributed by atoms with Gasteiger partial charge >= 0.3 is 5.97 Å². The van der Waals surface area contributed by atoms with Crippen molar-refractivity contribution in [2.24, 2.45) is 5.92 Å². The zero-order valence-electron chi connectivity index (χ0n) is 10.3. The molecule has 90 valence electrons. The summed E-state index contributed by atoms with van der Waals surface area (Å²) in [4.78, 5) is 10.9. The lowest BCUT2D eigenvalue weighted by Gasteiger charge is -2.21. The van der Waals surface area contributed by atoms with Crippen molar-refractivity contribution < 1.29 is 14.6 Å². The molecule has 0 bridgehead atoms. The highest BCUT2D eigenvalue weighted by atomic mass is 16.5. The third-order valence-electron chi connectivity index (χ3n) is 2.30. The molecule has 0 spiro atoms. The van der Waals surface area contributed by atoms with E-state index in [9.17, 15) is 4.79 Å². The zero-order chi connectivity index (χ0) is 12.0. The molecule has 0 aromatic heterocycles. The fourth-order valence-electron chi connectivity index (χ4n) is 1.03. The highest BCUT2D eigenvalue weighted by molar-refractivity contribution is 5.73. The van der Waals surface area contributed by atoms with E-state index in [4.69, 9.17) is 9.84 Å². The number of carboxylic acids is 1. The van der Waals surface area contributed by atoms with Crippen LogP contribution in [0.5, 0.6) is 0 Å². The summed E-state index contributed by atoms with van der Waals surface area (Å²) < 4.78 is 5.48. The Hall–Kier alpha value is -0.610. The quantitative estimate of drug-likeness (QED) is 0.678. The molecule has 2 atom stereocenters. The van der Waals surface area contributed by atoms with Crippen molar-refractivity contribution in [3.63, 3.8) is 0 Å². The normalized spacial score (nSPS) is 15.7. The molecule has 0 aliphatic heterocycles. The summed E-state index contributed by atoms with van der Waals surface area (Å²) in [5.74, 6) is -0.460.